The molecule has 0 saturated heterocycles. The molecule has 27 heavy (non-hydrogen) atoms. The molecule has 0 aliphatic heterocycles. The van der Waals surface area contributed by atoms with Gasteiger partial charge in [0.15, 0.2) is 23.3 Å². The van der Waals surface area contributed by atoms with Crippen LogP contribution in [0.2, 0.25) is 0 Å². The zero-order valence-electron chi connectivity index (χ0n) is 16.0. The Hall–Kier alpha value is -1.68. The zero-order chi connectivity index (χ0) is 20.9. The summed E-state index contributed by atoms with van der Waals surface area (Å²) in [5.74, 6) is -10.7. The summed E-state index contributed by atoms with van der Waals surface area (Å²) in [4.78, 5) is 0. The first kappa shape index (κ1) is 21.6. The zero-order valence-corrected chi connectivity index (χ0v) is 16.9. The van der Waals surface area contributed by atoms with Crippen molar-refractivity contribution < 1.29 is 27.1 Å². The van der Waals surface area contributed by atoms with Crippen LogP contribution in [0, 0.1) is 29.1 Å². The van der Waals surface area contributed by atoms with Crippen LogP contribution in [0.5, 0.6) is 5.75 Å². The highest BCUT2D eigenvalue weighted by Gasteiger charge is 2.38. The summed E-state index contributed by atoms with van der Waals surface area (Å²) in [7, 11) is -1.06. The maximum atomic E-state index is 14.2. The van der Waals surface area contributed by atoms with Crippen LogP contribution in [-0.2, 0) is 0 Å². The molecule has 0 heterocycles. The topological polar surface area (TPSA) is 20.2 Å². The fraction of sp³-hybridized carbons (Fsp3) is 0.400. The van der Waals surface area contributed by atoms with E-state index in [2.05, 4.69) is 0 Å². The lowest BCUT2D eigenvalue weighted by molar-refractivity contribution is 0.380. The molecule has 0 saturated carbocycles. The lowest BCUT2D eigenvalue weighted by atomic mass is 10.0. The molecular formula is C20H22F5OP. The van der Waals surface area contributed by atoms with Crippen LogP contribution >= 0.6 is 7.92 Å². The lowest BCUT2D eigenvalue weighted by Crippen LogP contribution is -2.31. The number of phenols is 1. The minimum atomic E-state index is -2.23. The van der Waals surface area contributed by atoms with Gasteiger partial charge in [-0.05, 0) is 10.3 Å². The Balaban J connectivity index is 2.84. The summed E-state index contributed by atoms with van der Waals surface area (Å²) in [6.45, 7) is 11.9. The Kier molecular flexibility index (Phi) is 5.64. The monoisotopic (exact) mass is 404 g/mol. The molecule has 2 aromatic carbocycles. The van der Waals surface area contributed by atoms with Crippen molar-refractivity contribution in [1.29, 1.82) is 0 Å². The molecule has 1 N–H and O–H groups in total. The summed E-state index contributed by atoms with van der Waals surface area (Å²) < 4.78 is 69.1. The number of hydrogen-bond donors (Lipinski definition) is 1. The number of para-hydroxylation sites is 1. The first-order valence-corrected chi connectivity index (χ1v) is 9.67. The fourth-order valence-corrected chi connectivity index (χ4v) is 7.51. The van der Waals surface area contributed by atoms with Gasteiger partial charge in [0.2, 0.25) is 5.82 Å². The van der Waals surface area contributed by atoms with Crippen molar-refractivity contribution >= 4 is 13.2 Å². The molecule has 2 aromatic rings. The smallest absolute Gasteiger partial charge is 0.200 e. The predicted molar refractivity (Wildman–Crippen MR) is 99.4 cm³/mol. The normalized spacial score (nSPS) is 12.7. The average Bonchev–Trinajstić information content (AvgIpc) is 2.52. The SMILES string of the molecule is CC(C)(C)P(c1cccc(-c2c(F)c(F)c(F)c(F)c2F)c1O)C(C)(C)C. The third kappa shape index (κ3) is 3.82. The van der Waals surface area contributed by atoms with Gasteiger partial charge in [0.25, 0.3) is 0 Å². The van der Waals surface area contributed by atoms with Crippen LogP contribution in [0.25, 0.3) is 11.1 Å². The second-order valence-electron chi connectivity index (χ2n) is 8.30. The van der Waals surface area contributed by atoms with Gasteiger partial charge < -0.3 is 5.11 Å². The van der Waals surface area contributed by atoms with Crippen molar-refractivity contribution in [3.8, 4) is 16.9 Å². The van der Waals surface area contributed by atoms with E-state index in [0.717, 1.165) is 6.07 Å². The Morgan fingerprint density at radius 2 is 1.11 bits per heavy atom. The highest BCUT2D eigenvalue weighted by atomic mass is 31.1. The van der Waals surface area contributed by atoms with E-state index in [-0.39, 0.29) is 10.3 Å². The highest BCUT2D eigenvalue weighted by Crippen LogP contribution is 2.60. The molecule has 0 aromatic heterocycles. The molecular weight excluding hydrogens is 382 g/mol. The number of benzene rings is 2. The van der Waals surface area contributed by atoms with Gasteiger partial charge in [-0.3, -0.25) is 0 Å². The summed E-state index contributed by atoms with van der Waals surface area (Å²) in [5.41, 5.74) is -1.54. The lowest BCUT2D eigenvalue weighted by Gasteiger charge is -2.42. The Morgan fingerprint density at radius 1 is 0.704 bits per heavy atom. The molecule has 0 fully saturated rings. The number of phenolic OH excluding ortho intramolecular Hbond substituents is 1. The Morgan fingerprint density at radius 3 is 1.52 bits per heavy atom. The van der Waals surface area contributed by atoms with Crippen LogP contribution in [0.3, 0.4) is 0 Å². The van der Waals surface area contributed by atoms with Crippen molar-refractivity contribution in [2.24, 2.45) is 0 Å². The molecule has 0 atom stereocenters. The van der Waals surface area contributed by atoms with Crippen LogP contribution < -0.4 is 5.30 Å². The molecule has 0 bridgehead atoms. The second-order valence-corrected chi connectivity index (χ2v) is 12.1. The molecule has 0 unspecified atom stereocenters. The number of hydrogen-bond acceptors (Lipinski definition) is 1. The van der Waals surface area contributed by atoms with E-state index in [9.17, 15) is 27.1 Å². The van der Waals surface area contributed by atoms with Crippen molar-refractivity contribution in [3.05, 3.63) is 47.3 Å². The van der Waals surface area contributed by atoms with Crippen molar-refractivity contribution in [2.45, 2.75) is 51.9 Å². The van der Waals surface area contributed by atoms with Gasteiger partial charge in [-0.25, -0.2) is 22.0 Å². The van der Waals surface area contributed by atoms with Crippen molar-refractivity contribution in [2.75, 3.05) is 0 Å². The largest absolute Gasteiger partial charge is 0.507 e. The molecule has 2 rings (SSSR count). The van der Waals surface area contributed by atoms with E-state index >= 15 is 0 Å². The minimum Gasteiger partial charge on any atom is -0.507 e. The van der Waals surface area contributed by atoms with Gasteiger partial charge in [-0.2, -0.15) is 0 Å². The van der Waals surface area contributed by atoms with E-state index < -0.39 is 53.9 Å². The summed E-state index contributed by atoms with van der Waals surface area (Å²) in [6.07, 6.45) is 0. The Bertz CT molecular complexity index is 838. The predicted octanol–water partition coefficient (Wildman–Crippen LogP) is 6.46. The standard InChI is InChI=1S/C20H22F5OP/c1-19(2,3)27(20(4,5)6)11-9-7-8-10(18(11)26)12-13(21)15(23)17(25)16(24)14(12)22/h7-9,26H,1-6H3. The number of aromatic hydroxyl groups is 1. The van der Waals surface area contributed by atoms with Crippen molar-refractivity contribution in [3.63, 3.8) is 0 Å². The molecule has 1 nitrogen and oxygen atoms in total. The first-order valence-electron chi connectivity index (χ1n) is 8.33. The third-order valence-corrected chi connectivity index (χ3v) is 7.60. The van der Waals surface area contributed by atoms with Crippen LogP contribution in [0.1, 0.15) is 41.5 Å². The molecule has 0 radical (unpaired) electrons. The fourth-order valence-electron chi connectivity index (χ4n) is 3.48. The van der Waals surface area contributed by atoms with Gasteiger partial charge in [0.1, 0.15) is 5.75 Å². The van der Waals surface area contributed by atoms with E-state index in [1.807, 2.05) is 41.5 Å². The van der Waals surface area contributed by atoms with Gasteiger partial charge in [0.05, 0.1) is 5.56 Å². The van der Waals surface area contributed by atoms with Crippen molar-refractivity contribution in [1.82, 2.24) is 0 Å². The summed E-state index contributed by atoms with van der Waals surface area (Å²) >= 11 is 0. The van der Waals surface area contributed by atoms with E-state index in [0.29, 0.717) is 5.30 Å². The molecule has 0 aliphatic rings. The summed E-state index contributed by atoms with van der Waals surface area (Å²) in [5, 5.41) is 10.7. The number of halogens is 5. The quantitative estimate of drug-likeness (QED) is 0.264. The molecule has 7 heteroatoms. The highest BCUT2D eigenvalue weighted by molar-refractivity contribution is 7.68. The van der Waals surface area contributed by atoms with Gasteiger partial charge >= 0.3 is 0 Å². The van der Waals surface area contributed by atoms with Crippen LogP contribution in [-0.4, -0.2) is 15.4 Å². The van der Waals surface area contributed by atoms with E-state index in [4.69, 9.17) is 0 Å². The number of rotatable bonds is 2. The van der Waals surface area contributed by atoms with Crippen LogP contribution in [0.15, 0.2) is 18.2 Å². The molecule has 0 amide bonds. The average molecular weight is 404 g/mol. The first-order chi connectivity index (χ1) is 12.2. The molecule has 148 valence electrons. The van der Waals surface area contributed by atoms with E-state index in [1.54, 1.807) is 6.07 Å². The second kappa shape index (κ2) is 7.05. The maximum Gasteiger partial charge on any atom is 0.200 e. The summed E-state index contributed by atoms with van der Waals surface area (Å²) in [6, 6.07) is 4.23. The molecule has 0 spiro atoms. The van der Waals surface area contributed by atoms with Gasteiger partial charge in [-0.1, -0.05) is 67.7 Å². The minimum absolute atomic E-state index is 0.278. The Labute approximate surface area is 157 Å². The molecule has 0 aliphatic carbocycles. The maximum absolute atomic E-state index is 14.2. The van der Waals surface area contributed by atoms with E-state index in [1.165, 1.54) is 6.07 Å². The third-order valence-electron chi connectivity index (χ3n) is 4.08. The van der Waals surface area contributed by atoms with Gasteiger partial charge in [0, 0.05) is 10.9 Å². The van der Waals surface area contributed by atoms with Crippen LogP contribution in [0.4, 0.5) is 22.0 Å². The van der Waals surface area contributed by atoms with Gasteiger partial charge in [-0.15, -0.1) is 0 Å².